The first kappa shape index (κ1) is 19.3. The number of carbonyl (C=O) groups is 1. The van der Waals surface area contributed by atoms with Gasteiger partial charge in [-0.2, -0.15) is 0 Å². The van der Waals surface area contributed by atoms with E-state index in [1.54, 1.807) is 36.4 Å². The van der Waals surface area contributed by atoms with Crippen LogP contribution in [0, 0.1) is 6.92 Å². The molecular weight excluding hydrogens is 411 g/mol. The number of aryl methyl sites for hydroxylation is 1. The van der Waals surface area contributed by atoms with E-state index >= 15 is 0 Å². The molecule has 1 heterocycles. The van der Waals surface area contributed by atoms with E-state index in [-0.39, 0.29) is 12.5 Å². The number of benzene rings is 3. The van der Waals surface area contributed by atoms with Crippen LogP contribution in [0.1, 0.15) is 5.56 Å². The fourth-order valence-electron chi connectivity index (χ4n) is 2.84. The number of aromatic nitrogens is 1. The number of nitrogens with one attached hydrogen (secondary N) is 1. The number of oxazole rings is 1. The monoisotopic (exact) mass is 426 g/mol. The zero-order valence-corrected chi connectivity index (χ0v) is 16.9. The van der Waals surface area contributed by atoms with Gasteiger partial charge < -0.3 is 14.5 Å². The number of fused-ring (bicyclic) bond motifs is 1. The third-order valence-electron chi connectivity index (χ3n) is 4.21. The molecule has 0 aliphatic carbocycles. The maximum atomic E-state index is 12.2. The summed E-state index contributed by atoms with van der Waals surface area (Å²) in [5, 5.41) is 3.60. The quantitative estimate of drug-likeness (QED) is 0.416. The summed E-state index contributed by atoms with van der Waals surface area (Å²) in [4.78, 5) is 16.7. The van der Waals surface area contributed by atoms with Gasteiger partial charge >= 0.3 is 0 Å². The molecule has 4 aromatic rings. The summed E-state index contributed by atoms with van der Waals surface area (Å²) >= 11 is 12.3. The summed E-state index contributed by atoms with van der Waals surface area (Å²) in [6.07, 6.45) is 0. The van der Waals surface area contributed by atoms with Gasteiger partial charge in [0, 0.05) is 5.69 Å². The molecule has 4 rings (SSSR count). The number of ether oxygens (including phenoxy) is 1. The second kappa shape index (κ2) is 8.15. The van der Waals surface area contributed by atoms with Gasteiger partial charge in [-0.25, -0.2) is 4.98 Å². The van der Waals surface area contributed by atoms with E-state index in [9.17, 15) is 4.79 Å². The van der Waals surface area contributed by atoms with Gasteiger partial charge in [0.15, 0.2) is 12.2 Å². The van der Waals surface area contributed by atoms with Crippen LogP contribution in [0.3, 0.4) is 0 Å². The largest absolute Gasteiger partial charge is 0.484 e. The lowest BCUT2D eigenvalue weighted by molar-refractivity contribution is -0.118. The molecule has 1 N–H and O–H groups in total. The lowest BCUT2D eigenvalue weighted by Crippen LogP contribution is -2.20. The number of amides is 1. The molecule has 0 fully saturated rings. The van der Waals surface area contributed by atoms with Gasteiger partial charge in [0.1, 0.15) is 11.3 Å². The maximum absolute atomic E-state index is 12.2. The van der Waals surface area contributed by atoms with Gasteiger partial charge in [0.2, 0.25) is 5.89 Å². The van der Waals surface area contributed by atoms with Crippen molar-refractivity contribution < 1.29 is 13.9 Å². The van der Waals surface area contributed by atoms with Crippen molar-refractivity contribution in [1.82, 2.24) is 4.98 Å². The summed E-state index contributed by atoms with van der Waals surface area (Å²) in [6, 6.07) is 18.0. The van der Waals surface area contributed by atoms with Crippen molar-refractivity contribution >= 4 is 45.9 Å². The average Bonchev–Trinajstić information content (AvgIpc) is 3.11. The minimum Gasteiger partial charge on any atom is -0.484 e. The molecule has 0 saturated heterocycles. The van der Waals surface area contributed by atoms with Crippen molar-refractivity contribution in [1.29, 1.82) is 0 Å². The zero-order valence-electron chi connectivity index (χ0n) is 15.4. The number of halogens is 2. The van der Waals surface area contributed by atoms with E-state index in [1.807, 2.05) is 31.2 Å². The van der Waals surface area contributed by atoms with Crippen molar-refractivity contribution in [2.45, 2.75) is 6.92 Å². The predicted octanol–water partition coefficient (Wildman–Crippen LogP) is 6.13. The van der Waals surface area contributed by atoms with E-state index in [4.69, 9.17) is 32.4 Å². The number of carbonyl (C=O) groups excluding carboxylic acids is 1. The standard InChI is InChI=1S/C22H16Cl2N2O3/c1-13-4-2-5-15(10-13)28-12-20(27)25-14-8-9-19-18(11-14)26-22(29-19)16-6-3-7-17(23)21(16)24/h2-11H,12H2,1H3,(H,25,27). The van der Waals surface area contributed by atoms with E-state index < -0.39 is 0 Å². The fraction of sp³-hybridized carbons (Fsp3) is 0.0909. The second-order valence-corrected chi connectivity index (χ2v) is 7.24. The summed E-state index contributed by atoms with van der Waals surface area (Å²) in [7, 11) is 0. The van der Waals surface area contributed by atoms with E-state index in [1.165, 1.54) is 0 Å². The second-order valence-electron chi connectivity index (χ2n) is 6.46. The third kappa shape index (κ3) is 4.36. The lowest BCUT2D eigenvalue weighted by atomic mass is 10.2. The normalized spacial score (nSPS) is 10.9. The van der Waals surface area contributed by atoms with Crippen molar-refractivity contribution in [3.8, 4) is 17.2 Å². The van der Waals surface area contributed by atoms with Crippen LogP contribution in [0.15, 0.2) is 65.1 Å². The Kier molecular flexibility index (Phi) is 5.43. The van der Waals surface area contributed by atoms with Crippen molar-refractivity contribution in [3.05, 3.63) is 76.3 Å². The van der Waals surface area contributed by atoms with Crippen LogP contribution < -0.4 is 10.1 Å². The van der Waals surface area contributed by atoms with Gasteiger partial charge in [-0.3, -0.25) is 4.79 Å². The number of hydrogen-bond donors (Lipinski definition) is 1. The molecule has 0 aliphatic rings. The summed E-state index contributed by atoms with van der Waals surface area (Å²) in [6.45, 7) is 1.87. The minimum absolute atomic E-state index is 0.0936. The molecule has 7 heteroatoms. The zero-order chi connectivity index (χ0) is 20.4. The topological polar surface area (TPSA) is 64.4 Å². The van der Waals surface area contributed by atoms with Gasteiger partial charge in [-0.15, -0.1) is 0 Å². The number of anilines is 1. The van der Waals surface area contributed by atoms with E-state index in [0.29, 0.717) is 44.0 Å². The van der Waals surface area contributed by atoms with Crippen LogP contribution in [-0.2, 0) is 4.79 Å². The first-order valence-electron chi connectivity index (χ1n) is 8.84. The molecular formula is C22H16Cl2N2O3. The Bertz CT molecular complexity index is 1200. The average molecular weight is 427 g/mol. The molecule has 0 aliphatic heterocycles. The summed E-state index contributed by atoms with van der Waals surface area (Å²) in [5.74, 6) is 0.737. The number of hydrogen-bond acceptors (Lipinski definition) is 4. The molecule has 29 heavy (non-hydrogen) atoms. The molecule has 0 radical (unpaired) electrons. The summed E-state index contributed by atoms with van der Waals surface area (Å²) in [5.41, 5.74) is 3.42. The smallest absolute Gasteiger partial charge is 0.262 e. The van der Waals surface area contributed by atoms with E-state index in [2.05, 4.69) is 10.3 Å². The molecule has 0 atom stereocenters. The molecule has 5 nitrogen and oxygen atoms in total. The summed E-state index contributed by atoms with van der Waals surface area (Å²) < 4.78 is 11.3. The predicted molar refractivity (Wildman–Crippen MR) is 115 cm³/mol. The molecule has 146 valence electrons. The van der Waals surface area contributed by atoms with Gasteiger partial charge in [0.25, 0.3) is 5.91 Å². The van der Waals surface area contributed by atoms with Gasteiger partial charge in [0.05, 0.1) is 15.6 Å². The highest BCUT2D eigenvalue weighted by Crippen LogP contribution is 2.34. The van der Waals surface area contributed by atoms with E-state index in [0.717, 1.165) is 5.56 Å². The third-order valence-corrected chi connectivity index (χ3v) is 5.03. The minimum atomic E-state index is -0.271. The van der Waals surface area contributed by atoms with Crippen LogP contribution in [0.4, 0.5) is 5.69 Å². The Morgan fingerprint density at radius 1 is 1.10 bits per heavy atom. The van der Waals surface area contributed by atoms with Crippen LogP contribution in [0.25, 0.3) is 22.6 Å². The molecule has 0 unspecified atom stereocenters. The van der Waals surface area contributed by atoms with Crippen molar-refractivity contribution in [2.24, 2.45) is 0 Å². The highest BCUT2D eigenvalue weighted by Gasteiger charge is 2.14. The van der Waals surface area contributed by atoms with Crippen LogP contribution >= 0.6 is 23.2 Å². The Morgan fingerprint density at radius 2 is 1.93 bits per heavy atom. The van der Waals surface area contributed by atoms with Crippen LogP contribution in [-0.4, -0.2) is 17.5 Å². The Morgan fingerprint density at radius 3 is 2.76 bits per heavy atom. The van der Waals surface area contributed by atoms with Gasteiger partial charge in [-0.1, -0.05) is 41.4 Å². The molecule has 0 bridgehead atoms. The highest BCUT2D eigenvalue weighted by molar-refractivity contribution is 6.43. The highest BCUT2D eigenvalue weighted by atomic mass is 35.5. The number of rotatable bonds is 5. The lowest BCUT2D eigenvalue weighted by Gasteiger charge is -2.08. The maximum Gasteiger partial charge on any atom is 0.262 e. The molecule has 0 saturated carbocycles. The first-order valence-corrected chi connectivity index (χ1v) is 9.59. The first-order chi connectivity index (χ1) is 14.0. The van der Waals surface area contributed by atoms with Crippen LogP contribution in [0.2, 0.25) is 10.0 Å². The van der Waals surface area contributed by atoms with Crippen molar-refractivity contribution in [2.75, 3.05) is 11.9 Å². The Labute approximate surface area is 177 Å². The molecule has 1 aromatic heterocycles. The molecule has 0 spiro atoms. The molecule has 1 amide bonds. The van der Waals surface area contributed by atoms with Crippen molar-refractivity contribution in [3.63, 3.8) is 0 Å². The van der Waals surface area contributed by atoms with Crippen LogP contribution in [0.5, 0.6) is 5.75 Å². The fourth-order valence-corrected chi connectivity index (χ4v) is 3.22. The SMILES string of the molecule is Cc1cccc(OCC(=O)Nc2ccc3oc(-c4cccc(Cl)c4Cl)nc3c2)c1. The Balaban J connectivity index is 1.49. The van der Waals surface area contributed by atoms with Gasteiger partial charge in [-0.05, 0) is 55.0 Å². The Hall–Kier alpha value is -3.02. The number of nitrogens with zero attached hydrogens (tertiary/aromatic N) is 1. The molecule has 3 aromatic carbocycles.